The standard InChI is InChI=1S/C12H14O4/c1-7(2)8-4-9(12(15)16-3)6-11(14)10(13)5-8/h4-7H,1-3H3,(H,13,14). The zero-order valence-electron chi connectivity index (χ0n) is 9.48. The first-order valence-electron chi connectivity index (χ1n) is 4.92. The Bertz CT molecular complexity index is 463. The Morgan fingerprint density at radius 1 is 1.31 bits per heavy atom. The molecule has 0 amide bonds. The highest BCUT2D eigenvalue weighted by molar-refractivity contribution is 5.89. The van der Waals surface area contributed by atoms with Gasteiger partial charge in [0.1, 0.15) is 0 Å². The number of aromatic hydroxyl groups is 1. The third-order valence-corrected chi connectivity index (χ3v) is 2.25. The van der Waals surface area contributed by atoms with Crippen molar-refractivity contribution in [3.8, 4) is 5.75 Å². The maximum absolute atomic E-state index is 11.4. The predicted molar refractivity (Wildman–Crippen MR) is 59.8 cm³/mol. The lowest BCUT2D eigenvalue weighted by molar-refractivity contribution is 0.0600. The zero-order valence-corrected chi connectivity index (χ0v) is 9.48. The van der Waals surface area contributed by atoms with Crippen molar-refractivity contribution in [2.75, 3.05) is 7.11 Å². The van der Waals surface area contributed by atoms with Crippen molar-refractivity contribution in [2.45, 2.75) is 19.8 Å². The summed E-state index contributed by atoms with van der Waals surface area (Å²) in [5.41, 5.74) is 0.357. The summed E-state index contributed by atoms with van der Waals surface area (Å²) in [4.78, 5) is 22.8. The monoisotopic (exact) mass is 222 g/mol. The molecule has 0 heterocycles. The molecule has 0 bridgehead atoms. The molecule has 0 spiro atoms. The van der Waals surface area contributed by atoms with Crippen molar-refractivity contribution >= 4 is 5.97 Å². The van der Waals surface area contributed by atoms with Gasteiger partial charge in [0.05, 0.1) is 12.7 Å². The summed E-state index contributed by atoms with van der Waals surface area (Å²) in [5, 5.41) is 9.39. The van der Waals surface area contributed by atoms with E-state index in [1.54, 1.807) is 6.07 Å². The molecule has 1 N–H and O–H groups in total. The number of carbonyl (C=O) groups is 1. The molecule has 16 heavy (non-hydrogen) atoms. The van der Waals surface area contributed by atoms with Gasteiger partial charge in [-0.25, -0.2) is 4.79 Å². The average Bonchev–Trinajstić information content (AvgIpc) is 2.38. The molecule has 1 rings (SSSR count). The molecule has 0 aromatic heterocycles. The van der Waals surface area contributed by atoms with Crippen LogP contribution in [0.25, 0.3) is 0 Å². The third-order valence-electron chi connectivity index (χ3n) is 2.25. The summed E-state index contributed by atoms with van der Waals surface area (Å²) in [6, 6.07) is 4.00. The molecule has 0 aliphatic rings. The van der Waals surface area contributed by atoms with E-state index in [2.05, 4.69) is 4.74 Å². The van der Waals surface area contributed by atoms with Gasteiger partial charge in [0.2, 0.25) is 5.43 Å². The maximum Gasteiger partial charge on any atom is 0.337 e. The predicted octanol–water partition coefficient (Wildman–Crippen LogP) is 1.66. The quantitative estimate of drug-likeness (QED) is 0.773. The van der Waals surface area contributed by atoms with Crippen LogP contribution in [0.3, 0.4) is 0 Å². The van der Waals surface area contributed by atoms with Gasteiger partial charge in [-0.2, -0.15) is 0 Å². The molecule has 0 aliphatic heterocycles. The number of hydrogen-bond acceptors (Lipinski definition) is 4. The third kappa shape index (κ3) is 2.59. The van der Waals surface area contributed by atoms with E-state index in [-0.39, 0.29) is 11.5 Å². The lowest BCUT2D eigenvalue weighted by atomic mass is 10.0. The molecule has 0 saturated carbocycles. The largest absolute Gasteiger partial charge is 0.504 e. The number of rotatable bonds is 2. The van der Waals surface area contributed by atoms with E-state index in [9.17, 15) is 14.7 Å². The Morgan fingerprint density at radius 2 is 1.94 bits per heavy atom. The van der Waals surface area contributed by atoms with Crippen molar-refractivity contribution in [1.82, 2.24) is 0 Å². The summed E-state index contributed by atoms with van der Waals surface area (Å²) in [5.74, 6) is -0.942. The van der Waals surface area contributed by atoms with Crippen LogP contribution >= 0.6 is 0 Å². The topological polar surface area (TPSA) is 63.6 Å². The highest BCUT2D eigenvalue weighted by Crippen LogP contribution is 2.16. The highest BCUT2D eigenvalue weighted by atomic mass is 16.5. The maximum atomic E-state index is 11.4. The van der Waals surface area contributed by atoms with E-state index in [0.717, 1.165) is 6.07 Å². The minimum Gasteiger partial charge on any atom is -0.504 e. The van der Waals surface area contributed by atoms with E-state index in [1.165, 1.54) is 13.2 Å². The van der Waals surface area contributed by atoms with Gasteiger partial charge in [0.15, 0.2) is 5.75 Å². The van der Waals surface area contributed by atoms with Gasteiger partial charge in [-0.15, -0.1) is 0 Å². The van der Waals surface area contributed by atoms with Crippen molar-refractivity contribution in [3.05, 3.63) is 39.5 Å². The molecule has 4 nitrogen and oxygen atoms in total. The fourth-order valence-corrected chi connectivity index (χ4v) is 1.28. The van der Waals surface area contributed by atoms with Crippen molar-refractivity contribution < 1.29 is 14.6 Å². The molecule has 4 heteroatoms. The minimum absolute atomic E-state index is 0.0860. The van der Waals surface area contributed by atoms with Crippen LogP contribution in [0.4, 0.5) is 0 Å². The minimum atomic E-state index is -0.576. The number of hydrogen-bond donors (Lipinski definition) is 1. The number of methoxy groups -OCH3 is 1. The summed E-state index contributed by atoms with van der Waals surface area (Å²) >= 11 is 0. The average molecular weight is 222 g/mol. The Balaban J connectivity index is 3.48. The fourth-order valence-electron chi connectivity index (χ4n) is 1.28. The van der Waals surface area contributed by atoms with Crippen LogP contribution in [0.1, 0.15) is 35.7 Å². The zero-order chi connectivity index (χ0) is 12.3. The normalized spacial score (nSPS) is 10.2. The molecular weight excluding hydrogens is 208 g/mol. The second-order valence-corrected chi connectivity index (χ2v) is 3.78. The second kappa shape index (κ2) is 4.79. The van der Waals surface area contributed by atoms with Gasteiger partial charge in [-0.3, -0.25) is 4.79 Å². The van der Waals surface area contributed by atoms with E-state index >= 15 is 0 Å². The van der Waals surface area contributed by atoms with Gasteiger partial charge >= 0.3 is 5.97 Å². The van der Waals surface area contributed by atoms with Crippen molar-refractivity contribution in [1.29, 1.82) is 0 Å². The first-order chi connectivity index (χ1) is 7.45. The molecule has 0 aliphatic carbocycles. The number of carbonyl (C=O) groups excluding carboxylic acids is 1. The van der Waals surface area contributed by atoms with Gasteiger partial charge in [-0.05, 0) is 29.7 Å². The van der Waals surface area contributed by atoms with Gasteiger partial charge < -0.3 is 9.84 Å². The highest BCUT2D eigenvalue weighted by Gasteiger charge is 2.10. The molecule has 0 radical (unpaired) electrons. The number of ether oxygens (including phenoxy) is 1. The Hall–Kier alpha value is -1.84. The van der Waals surface area contributed by atoms with Gasteiger partial charge in [0.25, 0.3) is 0 Å². The van der Waals surface area contributed by atoms with Crippen molar-refractivity contribution in [2.24, 2.45) is 0 Å². The van der Waals surface area contributed by atoms with Gasteiger partial charge in [0, 0.05) is 0 Å². The fraction of sp³-hybridized carbons (Fsp3) is 0.333. The lowest BCUT2D eigenvalue weighted by Crippen LogP contribution is -2.00. The summed E-state index contributed by atoms with van der Waals surface area (Å²) in [6.45, 7) is 3.79. The van der Waals surface area contributed by atoms with E-state index in [0.29, 0.717) is 5.56 Å². The van der Waals surface area contributed by atoms with E-state index in [1.807, 2.05) is 13.8 Å². The lowest BCUT2D eigenvalue weighted by Gasteiger charge is -2.02. The molecule has 0 unspecified atom stereocenters. The van der Waals surface area contributed by atoms with Crippen LogP contribution in [0.5, 0.6) is 5.75 Å². The Morgan fingerprint density at radius 3 is 2.44 bits per heavy atom. The second-order valence-electron chi connectivity index (χ2n) is 3.78. The summed E-state index contributed by atoms with van der Waals surface area (Å²) in [7, 11) is 1.25. The van der Waals surface area contributed by atoms with Crippen LogP contribution in [0.15, 0.2) is 23.0 Å². The number of esters is 1. The van der Waals surface area contributed by atoms with Crippen LogP contribution in [0.2, 0.25) is 0 Å². The van der Waals surface area contributed by atoms with Crippen LogP contribution in [-0.2, 0) is 4.74 Å². The molecular formula is C12H14O4. The Kier molecular flexibility index (Phi) is 3.66. The van der Waals surface area contributed by atoms with E-state index in [4.69, 9.17) is 0 Å². The molecule has 86 valence electrons. The summed E-state index contributed by atoms with van der Waals surface area (Å²) < 4.78 is 4.56. The first kappa shape index (κ1) is 12.2. The van der Waals surface area contributed by atoms with Crippen LogP contribution < -0.4 is 5.43 Å². The summed E-state index contributed by atoms with van der Waals surface area (Å²) in [6.07, 6.45) is 0. The Labute approximate surface area is 93.5 Å². The molecule has 0 fully saturated rings. The van der Waals surface area contributed by atoms with Gasteiger partial charge in [-0.1, -0.05) is 13.8 Å². The molecule has 0 saturated heterocycles. The van der Waals surface area contributed by atoms with Crippen LogP contribution in [0, 0.1) is 0 Å². The van der Waals surface area contributed by atoms with Crippen LogP contribution in [-0.4, -0.2) is 18.2 Å². The molecule has 1 aromatic rings. The first-order valence-corrected chi connectivity index (χ1v) is 4.92. The van der Waals surface area contributed by atoms with E-state index < -0.39 is 17.1 Å². The molecule has 0 atom stereocenters. The van der Waals surface area contributed by atoms with Crippen molar-refractivity contribution in [3.63, 3.8) is 0 Å². The SMILES string of the molecule is COC(=O)c1cc(C(C)C)cc(=O)c(O)c1. The molecule has 1 aromatic carbocycles. The smallest absolute Gasteiger partial charge is 0.337 e.